The smallest absolute Gasteiger partial charge is 0.326 e. The highest BCUT2D eigenvalue weighted by Crippen LogP contribution is 2.14. The molecule has 17 nitrogen and oxygen atoms in total. The number of hydrazine groups is 1. The fraction of sp³-hybridized carbons (Fsp3) is 0.829. The van der Waals surface area contributed by atoms with Gasteiger partial charge in [-0.05, 0) is 19.3 Å². The molecule has 0 saturated heterocycles. The zero-order valence-electron chi connectivity index (χ0n) is 30.9. The molecule has 0 aliphatic heterocycles. The van der Waals surface area contributed by atoms with Gasteiger partial charge in [-0.1, -0.05) is 77.0 Å². The Morgan fingerprint density at radius 3 is 1.37 bits per heavy atom. The number of hydrogen-bond donors (Lipinski definition) is 7. The third kappa shape index (κ3) is 35.0. The van der Waals surface area contributed by atoms with Crippen molar-refractivity contribution in [3.8, 4) is 0 Å². The SMILES string of the molecule is NNC(=O)COCCOCCNC(=O)COCCOCCNC(=O)CC[C@H](NC(=O)CCCCCCCCCCCCCCCCC(=O)O)C(=O)O. The molecule has 0 heterocycles. The van der Waals surface area contributed by atoms with E-state index in [9.17, 15) is 33.9 Å². The van der Waals surface area contributed by atoms with Crippen LogP contribution in [-0.2, 0) is 47.7 Å². The van der Waals surface area contributed by atoms with E-state index in [4.69, 9.17) is 29.9 Å². The number of amides is 4. The molecule has 0 aliphatic rings. The molecule has 17 heteroatoms. The van der Waals surface area contributed by atoms with E-state index >= 15 is 0 Å². The molecule has 0 aromatic rings. The molecule has 0 radical (unpaired) electrons. The summed E-state index contributed by atoms with van der Waals surface area (Å²) in [5.74, 6) is 1.60. The summed E-state index contributed by atoms with van der Waals surface area (Å²) >= 11 is 0. The second-order valence-corrected chi connectivity index (χ2v) is 12.4. The molecule has 302 valence electrons. The van der Waals surface area contributed by atoms with Gasteiger partial charge in [0.25, 0.3) is 5.91 Å². The maximum atomic E-state index is 12.3. The van der Waals surface area contributed by atoms with Crippen molar-refractivity contribution in [3.05, 3.63) is 0 Å². The molecule has 0 rings (SSSR count). The average molecular weight is 748 g/mol. The van der Waals surface area contributed by atoms with Crippen LogP contribution in [0.5, 0.6) is 0 Å². The number of hydrogen-bond acceptors (Lipinski definition) is 11. The van der Waals surface area contributed by atoms with E-state index in [0.717, 1.165) is 38.5 Å². The lowest BCUT2D eigenvalue weighted by molar-refractivity contribution is -0.142. The Hall–Kier alpha value is -3.38. The van der Waals surface area contributed by atoms with Crippen molar-refractivity contribution in [1.82, 2.24) is 21.4 Å². The molecule has 0 unspecified atom stereocenters. The first-order valence-corrected chi connectivity index (χ1v) is 18.7. The van der Waals surface area contributed by atoms with Crippen molar-refractivity contribution >= 4 is 35.6 Å². The Morgan fingerprint density at radius 2 is 0.904 bits per heavy atom. The molecule has 0 bridgehead atoms. The van der Waals surface area contributed by atoms with Gasteiger partial charge in [-0.15, -0.1) is 0 Å². The summed E-state index contributed by atoms with van der Waals surface area (Å²) in [6.07, 6.45) is 15.5. The van der Waals surface area contributed by atoms with Crippen LogP contribution in [0.4, 0.5) is 0 Å². The summed E-state index contributed by atoms with van der Waals surface area (Å²) < 4.78 is 20.9. The van der Waals surface area contributed by atoms with E-state index in [0.29, 0.717) is 6.42 Å². The average Bonchev–Trinajstić information content (AvgIpc) is 3.11. The summed E-state index contributed by atoms with van der Waals surface area (Å²) in [6.45, 7) is 1.53. The first-order chi connectivity index (χ1) is 25.1. The highest BCUT2D eigenvalue weighted by Gasteiger charge is 2.20. The second-order valence-electron chi connectivity index (χ2n) is 12.4. The number of nitrogens with one attached hydrogen (secondary N) is 4. The van der Waals surface area contributed by atoms with Crippen LogP contribution in [0, 0.1) is 0 Å². The molecular weight excluding hydrogens is 682 g/mol. The van der Waals surface area contributed by atoms with Crippen molar-refractivity contribution in [2.24, 2.45) is 5.84 Å². The Bertz CT molecular complexity index is 973. The fourth-order valence-electron chi connectivity index (χ4n) is 4.96. The van der Waals surface area contributed by atoms with Gasteiger partial charge < -0.3 is 45.1 Å². The second kappa shape index (κ2) is 36.0. The molecule has 0 aromatic heterocycles. The zero-order valence-corrected chi connectivity index (χ0v) is 30.9. The lowest BCUT2D eigenvalue weighted by atomic mass is 10.0. The minimum absolute atomic E-state index is 0.0215. The third-order valence-corrected chi connectivity index (χ3v) is 7.85. The topological polar surface area (TPSA) is 254 Å². The van der Waals surface area contributed by atoms with Gasteiger partial charge in [-0.25, -0.2) is 10.6 Å². The van der Waals surface area contributed by atoms with Crippen molar-refractivity contribution in [1.29, 1.82) is 0 Å². The molecule has 4 amide bonds. The number of carbonyl (C=O) groups excluding carboxylic acids is 4. The van der Waals surface area contributed by atoms with Gasteiger partial charge in [0.2, 0.25) is 17.7 Å². The highest BCUT2D eigenvalue weighted by atomic mass is 16.5. The quantitative estimate of drug-likeness (QED) is 0.0207. The van der Waals surface area contributed by atoms with Gasteiger partial charge in [0.05, 0.1) is 39.6 Å². The van der Waals surface area contributed by atoms with Crippen molar-refractivity contribution in [2.45, 2.75) is 122 Å². The number of unbranched alkanes of at least 4 members (excludes halogenated alkanes) is 13. The van der Waals surface area contributed by atoms with Crippen molar-refractivity contribution < 1.29 is 57.9 Å². The van der Waals surface area contributed by atoms with Gasteiger partial charge in [-0.3, -0.25) is 29.4 Å². The summed E-state index contributed by atoms with van der Waals surface area (Å²) in [4.78, 5) is 69.1. The van der Waals surface area contributed by atoms with E-state index in [2.05, 4.69) is 16.0 Å². The molecule has 8 N–H and O–H groups in total. The number of rotatable bonds is 38. The maximum absolute atomic E-state index is 12.3. The Balaban J connectivity index is 3.66. The minimum Gasteiger partial charge on any atom is -0.481 e. The largest absolute Gasteiger partial charge is 0.481 e. The Labute approximate surface area is 308 Å². The van der Waals surface area contributed by atoms with Crippen LogP contribution in [0.15, 0.2) is 0 Å². The predicted octanol–water partition coefficient (Wildman–Crippen LogP) is 1.95. The van der Waals surface area contributed by atoms with Crippen LogP contribution in [0.25, 0.3) is 0 Å². The van der Waals surface area contributed by atoms with E-state index in [1.165, 1.54) is 44.9 Å². The van der Waals surface area contributed by atoms with Crippen molar-refractivity contribution in [2.75, 3.05) is 65.9 Å². The van der Waals surface area contributed by atoms with Crippen LogP contribution >= 0.6 is 0 Å². The first kappa shape index (κ1) is 48.6. The fourth-order valence-corrected chi connectivity index (χ4v) is 4.96. The Kier molecular flexibility index (Phi) is 33.7. The number of nitrogens with two attached hydrogens (primary N) is 1. The van der Waals surface area contributed by atoms with Crippen LogP contribution in [-0.4, -0.2) is 118 Å². The van der Waals surface area contributed by atoms with Gasteiger partial charge in [0, 0.05) is 32.4 Å². The van der Waals surface area contributed by atoms with E-state index in [-0.39, 0.29) is 109 Å². The molecule has 0 fully saturated rings. The van der Waals surface area contributed by atoms with Gasteiger partial charge in [0.15, 0.2) is 0 Å². The van der Waals surface area contributed by atoms with Gasteiger partial charge in [0.1, 0.15) is 19.3 Å². The molecule has 0 saturated carbocycles. The summed E-state index contributed by atoms with van der Waals surface area (Å²) in [6, 6.07) is -1.13. The first-order valence-electron chi connectivity index (χ1n) is 18.7. The summed E-state index contributed by atoms with van der Waals surface area (Å²) in [5.41, 5.74) is 1.94. The molecule has 1 atom stereocenters. The summed E-state index contributed by atoms with van der Waals surface area (Å²) in [7, 11) is 0. The van der Waals surface area contributed by atoms with E-state index < -0.39 is 23.9 Å². The van der Waals surface area contributed by atoms with Crippen LogP contribution in [0.2, 0.25) is 0 Å². The normalized spacial score (nSPS) is 11.5. The molecule has 0 aromatic carbocycles. The highest BCUT2D eigenvalue weighted by molar-refractivity contribution is 5.84. The molecule has 0 spiro atoms. The van der Waals surface area contributed by atoms with Gasteiger partial charge >= 0.3 is 11.9 Å². The van der Waals surface area contributed by atoms with E-state index in [1.54, 1.807) is 0 Å². The predicted molar refractivity (Wildman–Crippen MR) is 192 cm³/mol. The van der Waals surface area contributed by atoms with E-state index in [1.807, 2.05) is 5.43 Å². The molecule has 52 heavy (non-hydrogen) atoms. The number of ether oxygens (including phenoxy) is 4. The number of carboxylic acids is 2. The van der Waals surface area contributed by atoms with Gasteiger partial charge in [-0.2, -0.15) is 0 Å². The molecule has 0 aliphatic carbocycles. The lowest BCUT2D eigenvalue weighted by Gasteiger charge is -2.14. The molecular formula is C35H65N5O12. The zero-order chi connectivity index (χ0) is 38.5. The number of carboxylic acid groups (broad SMARTS) is 2. The van der Waals surface area contributed by atoms with Crippen LogP contribution in [0.1, 0.15) is 116 Å². The van der Waals surface area contributed by atoms with Crippen LogP contribution in [0.3, 0.4) is 0 Å². The number of carbonyl (C=O) groups is 6. The third-order valence-electron chi connectivity index (χ3n) is 7.85. The monoisotopic (exact) mass is 747 g/mol. The minimum atomic E-state index is -1.18. The maximum Gasteiger partial charge on any atom is 0.326 e. The standard InChI is InChI=1S/C35H65N5O12/c36-40-33(44)28-52-26-24-50-22-20-38-32(43)27-51-25-23-49-21-19-37-30(41)18-17-29(35(47)48)39-31(42)15-13-11-9-7-5-3-1-2-4-6-8-10-12-14-16-34(45)46/h29H,1-28,36H2,(H,37,41)(H,38,43)(H,39,42)(H,40,44)(H,45,46)(H,47,48)/t29-/m0/s1. The van der Waals surface area contributed by atoms with Crippen molar-refractivity contribution in [3.63, 3.8) is 0 Å². The Morgan fingerprint density at radius 1 is 0.481 bits per heavy atom. The lowest BCUT2D eigenvalue weighted by Crippen LogP contribution is -2.41. The summed E-state index contributed by atoms with van der Waals surface area (Å²) in [5, 5.41) is 25.9. The number of aliphatic carboxylic acids is 2. The van der Waals surface area contributed by atoms with Crippen LogP contribution < -0.4 is 27.2 Å².